The molecule has 9 nitrogen and oxygen atoms in total. The highest BCUT2D eigenvalue weighted by molar-refractivity contribution is 8.15. The highest BCUT2D eigenvalue weighted by Crippen LogP contribution is 2.29. The number of aliphatic imine (C=N–C) groups is 1. The van der Waals surface area contributed by atoms with Crippen LogP contribution in [0.4, 0.5) is 5.69 Å². The van der Waals surface area contributed by atoms with Crippen molar-refractivity contribution in [1.82, 2.24) is 15.2 Å². The summed E-state index contributed by atoms with van der Waals surface area (Å²) in [7, 11) is 0. The van der Waals surface area contributed by atoms with Gasteiger partial charge in [-0.15, -0.1) is 0 Å². The van der Waals surface area contributed by atoms with Crippen molar-refractivity contribution in [3.63, 3.8) is 0 Å². The largest absolute Gasteiger partial charge is 0.351 e. The average molecular weight is 482 g/mol. The zero-order valence-corrected chi connectivity index (χ0v) is 20.0. The number of benzene rings is 1. The maximum absolute atomic E-state index is 12.5. The molecule has 0 bridgehead atoms. The number of amides is 3. The number of carbonyl (C=O) groups is 3. The van der Waals surface area contributed by atoms with Crippen LogP contribution in [0.15, 0.2) is 40.1 Å². The van der Waals surface area contributed by atoms with E-state index in [1.807, 2.05) is 13.0 Å². The Morgan fingerprint density at radius 2 is 1.85 bits per heavy atom. The van der Waals surface area contributed by atoms with Crippen molar-refractivity contribution in [3.05, 3.63) is 63.1 Å². The van der Waals surface area contributed by atoms with Crippen molar-refractivity contribution in [2.45, 2.75) is 44.9 Å². The van der Waals surface area contributed by atoms with Gasteiger partial charge < -0.3 is 20.5 Å². The van der Waals surface area contributed by atoms with E-state index in [2.05, 4.69) is 25.5 Å². The molecule has 10 heteroatoms. The van der Waals surface area contributed by atoms with Gasteiger partial charge in [-0.3, -0.25) is 19.2 Å². The molecular weight excluding hydrogens is 454 g/mol. The number of carbonyl (C=O) groups excluding carboxylic acids is 3. The third-order valence-corrected chi connectivity index (χ3v) is 7.04. The lowest BCUT2D eigenvalue weighted by Gasteiger charge is -2.16. The molecule has 34 heavy (non-hydrogen) atoms. The Bertz CT molecular complexity index is 1200. The number of hydrogen-bond donors (Lipinski definition) is 3. The number of rotatable bonds is 6. The Kier molecular flexibility index (Phi) is 7.16. The molecule has 0 aliphatic carbocycles. The molecule has 3 amide bonds. The first-order valence-electron chi connectivity index (χ1n) is 11.2. The van der Waals surface area contributed by atoms with Gasteiger partial charge in [0.05, 0.1) is 0 Å². The third-order valence-electron chi connectivity index (χ3n) is 5.83. The number of amidine groups is 1. The number of aromatic nitrogens is 1. The lowest BCUT2D eigenvalue weighted by molar-refractivity contribution is -0.121. The predicted molar refractivity (Wildman–Crippen MR) is 132 cm³/mol. The number of nitrogens with one attached hydrogen (secondary N) is 3. The molecule has 1 aromatic carbocycles. The van der Waals surface area contributed by atoms with Crippen molar-refractivity contribution in [2.24, 2.45) is 4.99 Å². The molecule has 2 aliphatic rings. The minimum absolute atomic E-state index is 0.0387. The van der Waals surface area contributed by atoms with Crippen LogP contribution < -0.4 is 16.2 Å². The van der Waals surface area contributed by atoms with Crippen LogP contribution >= 0.6 is 11.8 Å². The molecule has 3 heterocycles. The Labute approximate surface area is 201 Å². The Morgan fingerprint density at radius 1 is 1.15 bits per heavy atom. The fourth-order valence-electron chi connectivity index (χ4n) is 4.01. The zero-order chi connectivity index (χ0) is 24.2. The van der Waals surface area contributed by atoms with Gasteiger partial charge in [-0.05, 0) is 62.6 Å². The van der Waals surface area contributed by atoms with Crippen LogP contribution in [0.1, 0.15) is 46.4 Å². The molecular formula is C24H27N5O4S. The van der Waals surface area contributed by atoms with Gasteiger partial charge in [-0.1, -0.05) is 11.8 Å². The molecule has 4 rings (SSSR count). The first kappa shape index (κ1) is 23.7. The minimum atomic E-state index is -0.506. The SMILES string of the molecule is Cc1cc(C)c(CNC(=O)c2ccc(NC(=O)CC3SC(N4CCCC4)=NC3=O)cc2)c(=O)[nH]1. The Hall–Kier alpha value is -3.40. The van der Waals surface area contributed by atoms with E-state index in [1.54, 1.807) is 31.2 Å². The van der Waals surface area contributed by atoms with E-state index in [4.69, 9.17) is 0 Å². The number of aromatic amines is 1. The van der Waals surface area contributed by atoms with Gasteiger partial charge in [0.25, 0.3) is 17.4 Å². The molecule has 1 unspecified atom stereocenters. The van der Waals surface area contributed by atoms with Gasteiger partial charge in [0, 0.05) is 48.6 Å². The molecule has 0 saturated carbocycles. The summed E-state index contributed by atoms with van der Waals surface area (Å²) in [4.78, 5) is 58.2. The van der Waals surface area contributed by atoms with Crippen molar-refractivity contribution in [1.29, 1.82) is 0 Å². The number of aryl methyl sites for hydroxylation is 2. The first-order chi connectivity index (χ1) is 16.3. The van der Waals surface area contributed by atoms with E-state index in [9.17, 15) is 19.2 Å². The average Bonchev–Trinajstić information content (AvgIpc) is 3.43. The fourth-order valence-corrected chi connectivity index (χ4v) is 5.13. The molecule has 0 spiro atoms. The molecule has 1 aromatic heterocycles. The summed E-state index contributed by atoms with van der Waals surface area (Å²) >= 11 is 1.36. The summed E-state index contributed by atoms with van der Waals surface area (Å²) in [5.74, 6) is -0.872. The number of nitrogens with zero attached hydrogens (tertiary/aromatic N) is 2. The minimum Gasteiger partial charge on any atom is -0.351 e. The van der Waals surface area contributed by atoms with E-state index in [1.165, 1.54) is 11.8 Å². The van der Waals surface area contributed by atoms with Gasteiger partial charge in [0.1, 0.15) is 5.25 Å². The highest BCUT2D eigenvalue weighted by atomic mass is 32.2. The summed E-state index contributed by atoms with van der Waals surface area (Å²) in [6, 6.07) is 8.32. The second-order valence-electron chi connectivity index (χ2n) is 8.49. The van der Waals surface area contributed by atoms with Crippen molar-refractivity contribution in [3.8, 4) is 0 Å². The van der Waals surface area contributed by atoms with Crippen LogP contribution in [0.2, 0.25) is 0 Å². The monoisotopic (exact) mass is 481 g/mol. The lowest BCUT2D eigenvalue weighted by Crippen LogP contribution is -2.28. The van der Waals surface area contributed by atoms with E-state index in [-0.39, 0.29) is 36.2 Å². The standard InChI is InChI=1S/C24H27N5O4S/c1-14-11-15(2)26-22(32)18(14)13-25-21(31)16-5-7-17(8-6-16)27-20(30)12-19-23(33)28-24(34-19)29-9-3-4-10-29/h5-8,11,19H,3-4,9-10,12-13H2,1-2H3,(H,25,31)(H,26,32)(H,27,30). The Morgan fingerprint density at radius 3 is 2.53 bits per heavy atom. The highest BCUT2D eigenvalue weighted by Gasteiger charge is 2.33. The van der Waals surface area contributed by atoms with Crippen LogP contribution in [-0.4, -0.2) is 51.1 Å². The zero-order valence-electron chi connectivity index (χ0n) is 19.1. The summed E-state index contributed by atoms with van der Waals surface area (Å²) < 4.78 is 0. The van der Waals surface area contributed by atoms with Crippen LogP contribution in [-0.2, 0) is 16.1 Å². The number of H-pyrrole nitrogens is 1. The second kappa shape index (κ2) is 10.3. The first-order valence-corrected chi connectivity index (χ1v) is 12.1. The number of anilines is 1. The van der Waals surface area contributed by atoms with Crippen LogP contribution in [0, 0.1) is 13.8 Å². The molecule has 0 radical (unpaired) electrons. The van der Waals surface area contributed by atoms with Gasteiger partial charge in [0.2, 0.25) is 5.91 Å². The number of thioether (sulfide) groups is 1. The lowest BCUT2D eigenvalue weighted by atomic mass is 10.1. The van der Waals surface area contributed by atoms with Gasteiger partial charge in [-0.2, -0.15) is 4.99 Å². The summed E-state index contributed by atoms with van der Waals surface area (Å²) in [5.41, 5.74) is 2.82. The van der Waals surface area contributed by atoms with E-state index >= 15 is 0 Å². The molecule has 178 valence electrons. The molecule has 3 N–H and O–H groups in total. The van der Waals surface area contributed by atoms with Crippen molar-refractivity contribution >= 4 is 40.3 Å². The summed E-state index contributed by atoms with van der Waals surface area (Å²) in [6.07, 6.45) is 2.23. The summed E-state index contributed by atoms with van der Waals surface area (Å²) in [6.45, 7) is 5.56. The molecule has 1 saturated heterocycles. The quantitative estimate of drug-likeness (QED) is 0.582. The molecule has 2 aliphatic heterocycles. The maximum Gasteiger partial charge on any atom is 0.262 e. The number of likely N-dealkylation sites (tertiary alicyclic amines) is 1. The molecule has 2 aromatic rings. The fraction of sp³-hybridized carbons (Fsp3) is 0.375. The van der Waals surface area contributed by atoms with Crippen molar-refractivity contribution < 1.29 is 14.4 Å². The van der Waals surface area contributed by atoms with Crippen LogP contribution in [0.25, 0.3) is 0 Å². The topological polar surface area (TPSA) is 124 Å². The van der Waals surface area contributed by atoms with Crippen LogP contribution in [0.3, 0.4) is 0 Å². The summed E-state index contributed by atoms with van der Waals surface area (Å²) in [5, 5.41) is 5.74. The maximum atomic E-state index is 12.5. The Balaban J connectivity index is 1.28. The predicted octanol–water partition coefficient (Wildman–Crippen LogP) is 2.34. The van der Waals surface area contributed by atoms with E-state index in [0.717, 1.165) is 42.4 Å². The second-order valence-corrected chi connectivity index (χ2v) is 9.66. The van der Waals surface area contributed by atoms with E-state index in [0.29, 0.717) is 16.8 Å². The van der Waals surface area contributed by atoms with Gasteiger partial charge in [0.15, 0.2) is 5.17 Å². The van der Waals surface area contributed by atoms with Gasteiger partial charge >= 0.3 is 0 Å². The molecule has 1 atom stereocenters. The number of pyridine rings is 1. The normalized spacial score (nSPS) is 17.6. The number of hydrogen-bond acceptors (Lipinski definition) is 6. The van der Waals surface area contributed by atoms with Crippen LogP contribution in [0.5, 0.6) is 0 Å². The van der Waals surface area contributed by atoms with E-state index < -0.39 is 5.25 Å². The smallest absolute Gasteiger partial charge is 0.262 e. The van der Waals surface area contributed by atoms with Gasteiger partial charge in [-0.25, -0.2) is 0 Å². The molecule has 1 fully saturated rings. The van der Waals surface area contributed by atoms with Crippen molar-refractivity contribution in [2.75, 3.05) is 18.4 Å². The third kappa shape index (κ3) is 5.56.